The molecule has 1 aliphatic rings. The minimum atomic E-state index is -0.606. The summed E-state index contributed by atoms with van der Waals surface area (Å²) < 4.78 is 0. The Kier molecular flexibility index (Phi) is 4.98. The third-order valence-electron chi connectivity index (χ3n) is 6.18. The Morgan fingerprint density at radius 3 is 2.59 bits per heavy atom. The van der Waals surface area contributed by atoms with Gasteiger partial charge in [0.1, 0.15) is 0 Å². The van der Waals surface area contributed by atoms with Crippen LogP contribution in [-0.4, -0.2) is 28.7 Å². The molecule has 5 nitrogen and oxygen atoms in total. The Labute approximate surface area is 191 Å². The maximum atomic E-state index is 13.7. The molecule has 2 heterocycles. The molecule has 4 aromatic rings. The van der Waals surface area contributed by atoms with Crippen LogP contribution in [0.3, 0.4) is 0 Å². The van der Waals surface area contributed by atoms with E-state index in [4.69, 9.17) is 11.6 Å². The maximum absolute atomic E-state index is 13.7. The monoisotopic (exact) mass is 443 g/mol. The number of fused-ring (bicyclic) bond motifs is 2. The topological polar surface area (TPSA) is 65.2 Å². The Morgan fingerprint density at radius 2 is 1.78 bits per heavy atom. The van der Waals surface area contributed by atoms with Gasteiger partial charge in [-0.15, -0.1) is 0 Å². The van der Waals surface area contributed by atoms with Crippen molar-refractivity contribution in [3.05, 3.63) is 100 Å². The number of H-pyrrole nitrogens is 1. The number of likely N-dealkylation sites (N-methyl/N-ethyl adjacent to an activating group) is 1. The van der Waals surface area contributed by atoms with E-state index in [1.807, 2.05) is 67.7 Å². The van der Waals surface area contributed by atoms with Crippen molar-refractivity contribution >= 4 is 40.0 Å². The van der Waals surface area contributed by atoms with Gasteiger partial charge in [0, 0.05) is 35.3 Å². The third kappa shape index (κ3) is 3.26. The first-order valence-electron chi connectivity index (χ1n) is 10.4. The number of nitrogens with one attached hydrogen (secondary N) is 2. The van der Waals surface area contributed by atoms with Crippen molar-refractivity contribution in [2.75, 3.05) is 12.4 Å². The molecular formula is C26H22ClN3O2. The lowest BCUT2D eigenvalue weighted by molar-refractivity contribution is -0.119. The first kappa shape index (κ1) is 20.3. The van der Waals surface area contributed by atoms with Crippen LogP contribution >= 0.6 is 11.6 Å². The van der Waals surface area contributed by atoms with Crippen molar-refractivity contribution in [3.63, 3.8) is 0 Å². The summed E-state index contributed by atoms with van der Waals surface area (Å²) in [4.78, 5) is 31.9. The third-order valence-corrected chi connectivity index (χ3v) is 6.50. The number of aromatic amines is 1. The van der Waals surface area contributed by atoms with E-state index >= 15 is 0 Å². The molecule has 0 saturated carbocycles. The van der Waals surface area contributed by atoms with Crippen molar-refractivity contribution in [3.8, 4) is 0 Å². The highest BCUT2D eigenvalue weighted by atomic mass is 35.5. The van der Waals surface area contributed by atoms with Crippen LogP contribution < -0.4 is 5.32 Å². The normalized spacial score (nSPS) is 18.0. The molecule has 2 atom stereocenters. The SMILES string of the molecule is Cc1ccc(NC(=O)[C@H]2c3ccccc3C(=O)N(C)[C@@H]2c2c[nH]c3ccccc23)c(Cl)c1. The van der Waals surface area contributed by atoms with Gasteiger partial charge in [0.15, 0.2) is 0 Å². The zero-order valence-electron chi connectivity index (χ0n) is 17.7. The summed E-state index contributed by atoms with van der Waals surface area (Å²) in [6.45, 7) is 1.95. The number of aryl methyl sites for hydroxylation is 1. The van der Waals surface area contributed by atoms with Gasteiger partial charge in [-0.05, 0) is 42.3 Å². The number of hydrogen-bond acceptors (Lipinski definition) is 2. The van der Waals surface area contributed by atoms with Gasteiger partial charge in [0.25, 0.3) is 5.91 Å². The largest absolute Gasteiger partial charge is 0.361 e. The zero-order valence-corrected chi connectivity index (χ0v) is 18.5. The Bertz CT molecular complexity index is 1360. The summed E-state index contributed by atoms with van der Waals surface area (Å²) in [6.07, 6.45) is 1.90. The Morgan fingerprint density at radius 1 is 1.03 bits per heavy atom. The van der Waals surface area contributed by atoms with E-state index in [0.29, 0.717) is 21.8 Å². The summed E-state index contributed by atoms with van der Waals surface area (Å²) in [6, 6.07) is 20.3. The van der Waals surface area contributed by atoms with Crippen LogP contribution in [0.25, 0.3) is 10.9 Å². The molecule has 0 aliphatic carbocycles. The van der Waals surface area contributed by atoms with Crippen LogP contribution in [0.15, 0.2) is 72.9 Å². The maximum Gasteiger partial charge on any atom is 0.254 e. The fraction of sp³-hybridized carbons (Fsp3) is 0.154. The highest BCUT2D eigenvalue weighted by Gasteiger charge is 2.43. The van der Waals surface area contributed by atoms with Crippen LogP contribution in [0.1, 0.15) is 39.0 Å². The lowest BCUT2D eigenvalue weighted by Crippen LogP contribution is -2.44. The first-order chi connectivity index (χ1) is 15.5. The average Bonchev–Trinajstić information content (AvgIpc) is 3.21. The minimum absolute atomic E-state index is 0.103. The Hall–Kier alpha value is -3.57. The number of carbonyl (C=O) groups excluding carboxylic acids is 2. The smallest absolute Gasteiger partial charge is 0.254 e. The van der Waals surface area contributed by atoms with Gasteiger partial charge in [0.2, 0.25) is 5.91 Å². The molecule has 3 aromatic carbocycles. The molecule has 6 heteroatoms. The number of hydrogen-bond donors (Lipinski definition) is 2. The number of benzene rings is 3. The molecule has 160 valence electrons. The van der Waals surface area contributed by atoms with Crippen molar-refractivity contribution in [2.45, 2.75) is 18.9 Å². The fourth-order valence-electron chi connectivity index (χ4n) is 4.62. The van der Waals surface area contributed by atoms with Crippen LogP contribution in [-0.2, 0) is 4.79 Å². The second-order valence-corrected chi connectivity index (χ2v) is 8.60. The van der Waals surface area contributed by atoms with Crippen LogP contribution in [0.4, 0.5) is 5.69 Å². The van der Waals surface area contributed by atoms with Gasteiger partial charge < -0.3 is 15.2 Å². The van der Waals surface area contributed by atoms with E-state index in [9.17, 15) is 9.59 Å². The lowest BCUT2D eigenvalue weighted by atomic mass is 9.79. The molecule has 5 rings (SSSR count). The predicted molar refractivity (Wildman–Crippen MR) is 127 cm³/mol. The number of para-hydroxylation sites is 1. The number of rotatable bonds is 3. The van der Waals surface area contributed by atoms with Crippen molar-refractivity contribution < 1.29 is 9.59 Å². The second-order valence-electron chi connectivity index (χ2n) is 8.19. The number of halogens is 1. The predicted octanol–water partition coefficient (Wildman–Crippen LogP) is 5.68. The number of aromatic nitrogens is 1. The molecule has 1 aliphatic heterocycles. The number of amides is 2. The average molecular weight is 444 g/mol. The van der Waals surface area contributed by atoms with E-state index in [1.54, 1.807) is 24.1 Å². The molecule has 0 fully saturated rings. The fourth-order valence-corrected chi connectivity index (χ4v) is 4.90. The van der Waals surface area contributed by atoms with Gasteiger partial charge in [-0.1, -0.05) is 54.1 Å². The molecular weight excluding hydrogens is 422 g/mol. The molecule has 0 saturated heterocycles. The van der Waals surface area contributed by atoms with E-state index in [-0.39, 0.29) is 11.8 Å². The molecule has 2 N–H and O–H groups in total. The summed E-state index contributed by atoms with van der Waals surface area (Å²) in [5.41, 5.74) is 4.69. The number of nitrogens with zero attached hydrogens (tertiary/aromatic N) is 1. The summed E-state index contributed by atoms with van der Waals surface area (Å²) in [5, 5.41) is 4.47. The summed E-state index contributed by atoms with van der Waals surface area (Å²) >= 11 is 6.39. The molecule has 1 aromatic heterocycles. The van der Waals surface area contributed by atoms with Crippen molar-refractivity contribution in [1.29, 1.82) is 0 Å². The molecule has 32 heavy (non-hydrogen) atoms. The number of anilines is 1. The van der Waals surface area contributed by atoms with Crippen molar-refractivity contribution in [2.24, 2.45) is 0 Å². The van der Waals surface area contributed by atoms with E-state index in [0.717, 1.165) is 22.0 Å². The van der Waals surface area contributed by atoms with Crippen LogP contribution in [0.2, 0.25) is 5.02 Å². The highest BCUT2D eigenvalue weighted by molar-refractivity contribution is 6.33. The zero-order chi connectivity index (χ0) is 22.4. The lowest BCUT2D eigenvalue weighted by Gasteiger charge is -2.39. The molecule has 0 spiro atoms. The van der Waals surface area contributed by atoms with Gasteiger partial charge >= 0.3 is 0 Å². The molecule has 0 radical (unpaired) electrons. The van der Waals surface area contributed by atoms with E-state index in [1.165, 1.54) is 0 Å². The van der Waals surface area contributed by atoms with E-state index < -0.39 is 12.0 Å². The minimum Gasteiger partial charge on any atom is -0.361 e. The Balaban J connectivity index is 1.65. The van der Waals surface area contributed by atoms with Crippen molar-refractivity contribution in [1.82, 2.24) is 9.88 Å². The standard InChI is InChI=1S/C26H22ClN3O2/c1-15-11-12-22(20(27)13-15)29-25(31)23-17-8-3-4-9-18(17)26(32)30(2)24(23)19-14-28-21-10-6-5-7-16(19)21/h3-14,23-24,28H,1-2H3,(H,29,31)/t23-,24+/m0/s1. The van der Waals surface area contributed by atoms with Gasteiger partial charge in [0.05, 0.1) is 22.7 Å². The quantitative estimate of drug-likeness (QED) is 0.428. The number of carbonyl (C=O) groups is 2. The highest BCUT2D eigenvalue weighted by Crippen LogP contribution is 2.44. The molecule has 2 amide bonds. The van der Waals surface area contributed by atoms with Gasteiger partial charge in [-0.3, -0.25) is 9.59 Å². The van der Waals surface area contributed by atoms with Crippen LogP contribution in [0, 0.1) is 6.92 Å². The second kappa shape index (κ2) is 7.84. The summed E-state index contributed by atoms with van der Waals surface area (Å²) in [7, 11) is 1.75. The van der Waals surface area contributed by atoms with Gasteiger partial charge in [-0.2, -0.15) is 0 Å². The van der Waals surface area contributed by atoms with Gasteiger partial charge in [-0.25, -0.2) is 0 Å². The first-order valence-corrected chi connectivity index (χ1v) is 10.8. The summed E-state index contributed by atoms with van der Waals surface area (Å²) in [5.74, 6) is -0.920. The van der Waals surface area contributed by atoms with E-state index in [2.05, 4.69) is 10.3 Å². The van der Waals surface area contributed by atoms with Crippen LogP contribution in [0.5, 0.6) is 0 Å². The molecule has 0 unspecified atom stereocenters. The molecule has 0 bridgehead atoms.